The number of rotatable bonds is 6. The zero-order valence-corrected chi connectivity index (χ0v) is 18.7. The zero-order chi connectivity index (χ0) is 24.0. The Hall–Kier alpha value is -2.75. The van der Waals surface area contributed by atoms with Crippen molar-refractivity contribution in [2.75, 3.05) is 13.7 Å². The molecule has 1 aliphatic rings. The van der Waals surface area contributed by atoms with Gasteiger partial charge in [0.2, 0.25) is 0 Å². The predicted octanol–water partition coefficient (Wildman–Crippen LogP) is 1.44. The normalized spacial score (nSPS) is 25.5. The van der Waals surface area contributed by atoms with Crippen LogP contribution in [0.25, 0.3) is 0 Å². The van der Waals surface area contributed by atoms with Gasteiger partial charge in [-0.25, -0.2) is 0 Å². The minimum absolute atomic E-state index is 0.104. The summed E-state index contributed by atoms with van der Waals surface area (Å²) in [5, 5.41) is 49.6. The highest BCUT2D eigenvalue weighted by molar-refractivity contribution is 5.45. The molecule has 1 unspecified atom stereocenters. The Kier molecular flexibility index (Phi) is 8.60. The predicted molar refractivity (Wildman–Crippen MR) is 121 cm³/mol. The molecule has 1 fully saturated rings. The maximum absolute atomic E-state index is 10.4. The van der Waals surface area contributed by atoms with Crippen molar-refractivity contribution in [3.8, 4) is 17.9 Å². The van der Waals surface area contributed by atoms with Crippen LogP contribution in [0.4, 0.5) is 0 Å². The third kappa shape index (κ3) is 5.79. The van der Waals surface area contributed by atoms with E-state index in [1.807, 2.05) is 31.2 Å². The van der Waals surface area contributed by atoms with Crippen LogP contribution >= 0.6 is 0 Å². The van der Waals surface area contributed by atoms with Gasteiger partial charge in [-0.1, -0.05) is 43.0 Å². The van der Waals surface area contributed by atoms with Crippen molar-refractivity contribution in [1.82, 2.24) is 0 Å². The molecule has 0 bridgehead atoms. The van der Waals surface area contributed by atoms with Gasteiger partial charge in [0.25, 0.3) is 0 Å². The quantitative estimate of drug-likeness (QED) is 0.490. The number of nitriles is 1. The van der Waals surface area contributed by atoms with Crippen LogP contribution in [0, 0.1) is 23.2 Å². The number of ether oxygens (including phenoxy) is 2. The third-order valence-electron chi connectivity index (χ3n) is 5.85. The Morgan fingerprint density at radius 1 is 1.06 bits per heavy atom. The van der Waals surface area contributed by atoms with Gasteiger partial charge in [0, 0.05) is 12.7 Å². The molecule has 0 aromatic heterocycles. The first-order valence-corrected chi connectivity index (χ1v) is 10.9. The van der Waals surface area contributed by atoms with E-state index in [0.29, 0.717) is 17.5 Å². The molecule has 33 heavy (non-hydrogen) atoms. The summed E-state index contributed by atoms with van der Waals surface area (Å²) in [6, 6.07) is 14.9. The first-order valence-electron chi connectivity index (χ1n) is 10.9. The Morgan fingerprint density at radius 3 is 2.39 bits per heavy atom. The monoisotopic (exact) mass is 451 g/mol. The molecule has 0 radical (unpaired) electrons. The molecule has 2 aromatic rings. The van der Waals surface area contributed by atoms with Crippen molar-refractivity contribution in [3.63, 3.8) is 0 Å². The molecular weight excluding hydrogens is 422 g/mol. The fourth-order valence-electron chi connectivity index (χ4n) is 3.84. The van der Waals surface area contributed by atoms with Gasteiger partial charge < -0.3 is 29.9 Å². The Balaban J connectivity index is 1.83. The van der Waals surface area contributed by atoms with Crippen LogP contribution in [0.2, 0.25) is 0 Å². The fraction of sp³-hybridized carbons (Fsp3) is 0.423. The Labute approximate surface area is 193 Å². The summed E-state index contributed by atoms with van der Waals surface area (Å²) in [6.07, 6.45) is -5.02. The highest BCUT2D eigenvalue weighted by Gasteiger charge is 2.44. The van der Waals surface area contributed by atoms with Gasteiger partial charge in [0.1, 0.15) is 36.6 Å². The van der Waals surface area contributed by atoms with E-state index >= 15 is 0 Å². The lowest BCUT2D eigenvalue weighted by Crippen LogP contribution is -2.55. The van der Waals surface area contributed by atoms with E-state index in [0.717, 1.165) is 23.1 Å². The number of methoxy groups -OCH3 is 1. The van der Waals surface area contributed by atoms with E-state index in [-0.39, 0.29) is 6.10 Å². The van der Waals surface area contributed by atoms with Gasteiger partial charge in [0.15, 0.2) is 0 Å². The van der Waals surface area contributed by atoms with Gasteiger partial charge in [-0.05, 0) is 47.7 Å². The smallest absolute Gasteiger partial charge is 0.117 e. The van der Waals surface area contributed by atoms with E-state index in [4.69, 9.17) is 9.47 Å². The molecule has 1 aliphatic heterocycles. The molecule has 7 nitrogen and oxygen atoms in total. The number of nitrogens with zero attached hydrogens (tertiary/aromatic N) is 1. The highest BCUT2D eigenvalue weighted by Crippen LogP contribution is 2.33. The van der Waals surface area contributed by atoms with E-state index in [1.165, 1.54) is 0 Å². The maximum Gasteiger partial charge on any atom is 0.117 e. The standard InChI is InChI=1S/C26H29NO6/c1-3-21(32-2)11-8-16-4-6-17(7-5-16)12-20-13-18(9-10-19(20)14-27)26-25(31)24(30)23(29)22(15-28)33-26/h4-7,9-10,13,21-26,28-31H,3,12,15H2,1-2H3/t21?,22-,23-,24+,25-,26+/m1/s1. The first kappa shape index (κ1) is 24.9. The Morgan fingerprint density at radius 2 is 1.79 bits per heavy atom. The van der Waals surface area contributed by atoms with Crippen molar-refractivity contribution >= 4 is 0 Å². The second-order valence-electron chi connectivity index (χ2n) is 8.05. The fourth-order valence-corrected chi connectivity index (χ4v) is 3.84. The molecule has 1 heterocycles. The third-order valence-corrected chi connectivity index (χ3v) is 5.85. The van der Waals surface area contributed by atoms with Gasteiger partial charge in [0.05, 0.1) is 18.2 Å². The molecule has 0 aliphatic carbocycles. The number of hydrogen-bond donors (Lipinski definition) is 4. The highest BCUT2D eigenvalue weighted by atomic mass is 16.5. The number of aliphatic hydroxyl groups excluding tert-OH is 4. The maximum atomic E-state index is 10.4. The second kappa shape index (κ2) is 11.4. The number of aliphatic hydroxyl groups is 4. The van der Waals surface area contributed by atoms with Gasteiger partial charge in [-0.15, -0.1) is 0 Å². The molecule has 3 rings (SSSR count). The number of hydrogen-bond acceptors (Lipinski definition) is 7. The summed E-state index contributed by atoms with van der Waals surface area (Å²) in [5.74, 6) is 6.18. The number of benzene rings is 2. The minimum atomic E-state index is -1.46. The summed E-state index contributed by atoms with van der Waals surface area (Å²) in [4.78, 5) is 0. The van der Waals surface area contributed by atoms with Crippen molar-refractivity contribution in [2.45, 2.75) is 56.4 Å². The lowest BCUT2D eigenvalue weighted by molar-refractivity contribution is -0.231. The molecule has 0 saturated carbocycles. The summed E-state index contributed by atoms with van der Waals surface area (Å²) in [5.41, 5.74) is 3.61. The van der Waals surface area contributed by atoms with E-state index < -0.39 is 37.1 Å². The molecule has 0 amide bonds. The molecular formula is C26H29NO6. The summed E-state index contributed by atoms with van der Waals surface area (Å²) in [6.45, 7) is 1.51. The molecule has 4 N–H and O–H groups in total. The van der Waals surface area contributed by atoms with E-state index in [2.05, 4.69) is 17.9 Å². The van der Waals surface area contributed by atoms with Crippen molar-refractivity contribution in [1.29, 1.82) is 5.26 Å². The lowest BCUT2D eigenvalue weighted by Gasteiger charge is -2.40. The topological polar surface area (TPSA) is 123 Å². The summed E-state index contributed by atoms with van der Waals surface area (Å²) >= 11 is 0. The van der Waals surface area contributed by atoms with Crippen molar-refractivity contribution in [2.24, 2.45) is 0 Å². The average molecular weight is 452 g/mol. The minimum Gasteiger partial charge on any atom is -0.394 e. The van der Waals surface area contributed by atoms with Crippen LogP contribution in [0.15, 0.2) is 42.5 Å². The largest absolute Gasteiger partial charge is 0.394 e. The van der Waals surface area contributed by atoms with Crippen LogP contribution in [0.5, 0.6) is 0 Å². The van der Waals surface area contributed by atoms with E-state index in [9.17, 15) is 25.7 Å². The van der Waals surface area contributed by atoms with Crippen LogP contribution in [0.3, 0.4) is 0 Å². The zero-order valence-electron chi connectivity index (χ0n) is 18.7. The SMILES string of the molecule is CCC(C#Cc1ccc(Cc2cc([C@@H]3O[C@H](CO)[C@@H](O)[C@H](O)[C@H]3O)ccc2C#N)cc1)OC. The van der Waals surface area contributed by atoms with Crippen molar-refractivity contribution in [3.05, 3.63) is 70.3 Å². The average Bonchev–Trinajstić information content (AvgIpc) is 2.84. The van der Waals surface area contributed by atoms with Crippen LogP contribution < -0.4 is 0 Å². The molecule has 2 aromatic carbocycles. The Bertz CT molecular complexity index is 1030. The van der Waals surface area contributed by atoms with Crippen molar-refractivity contribution < 1.29 is 29.9 Å². The summed E-state index contributed by atoms with van der Waals surface area (Å²) < 4.78 is 10.9. The van der Waals surface area contributed by atoms with Gasteiger partial charge in [-0.2, -0.15) is 5.26 Å². The second-order valence-corrected chi connectivity index (χ2v) is 8.05. The molecule has 1 saturated heterocycles. The molecule has 7 heteroatoms. The van der Waals surface area contributed by atoms with Gasteiger partial charge >= 0.3 is 0 Å². The van der Waals surface area contributed by atoms with Crippen LogP contribution in [0.1, 0.15) is 47.3 Å². The van der Waals surface area contributed by atoms with E-state index in [1.54, 1.807) is 25.3 Å². The summed E-state index contributed by atoms with van der Waals surface area (Å²) in [7, 11) is 1.64. The van der Waals surface area contributed by atoms with Crippen LogP contribution in [-0.4, -0.2) is 64.7 Å². The lowest BCUT2D eigenvalue weighted by atomic mass is 9.89. The first-order chi connectivity index (χ1) is 15.9. The molecule has 0 spiro atoms. The molecule has 6 atom stereocenters. The molecule has 174 valence electrons. The van der Waals surface area contributed by atoms with Crippen LogP contribution in [-0.2, 0) is 15.9 Å². The van der Waals surface area contributed by atoms with Gasteiger partial charge in [-0.3, -0.25) is 0 Å².